The summed E-state index contributed by atoms with van der Waals surface area (Å²) in [5, 5.41) is 8.93. The Hall–Kier alpha value is -0.660. The lowest BCUT2D eigenvalue weighted by Crippen LogP contribution is -2.35. The van der Waals surface area contributed by atoms with Gasteiger partial charge in [0, 0.05) is 22.2 Å². The van der Waals surface area contributed by atoms with E-state index in [1.165, 1.54) is 4.90 Å². The highest BCUT2D eigenvalue weighted by molar-refractivity contribution is 9.10. The normalized spacial score (nSPS) is 20.1. The van der Waals surface area contributed by atoms with Gasteiger partial charge in [0.15, 0.2) is 0 Å². The molecule has 1 aromatic carbocycles. The maximum atomic E-state index is 8.93. The topological polar surface area (TPSA) is 27.0 Å². The number of halogens is 1. The Labute approximate surface area is 96.0 Å². The van der Waals surface area contributed by atoms with Crippen molar-refractivity contribution in [1.82, 2.24) is 0 Å². The Balaban J connectivity index is 2.42. The Bertz CT molecular complexity index is 400. The summed E-state index contributed by atoms with van der Waals surface area (Å²) in [6.07, 6.45) is 0. The molecule has 2 rings (SSSR count). The molecule has 1 aliphatic rings. The third-order valence-electron chi connectivity index (χ3n) is 2.32. The summed E-state index contributed by atoms with van der Waals surface area (Å²) in [5.41, 5.74) is 1.15. The van der Waals surface area contributed by atoms with Crippen LogP contribution in [0.3, 0.4) is 0 Å². The SMILES string of the molecule is CN1c2ccc(Br)cc2SCC1C#N. The Morgan fingerprint density at radius 1 is 1.64 bits per heavy atom. The van der Waals surface area contributed by atoms with E-state index in [2.05, 4.69) is 34.1 Å². The standard InChI is InChI=1S/C10H9BrN2S/c1-13-8(5-12)6-14-10-4-7(11)2-3-9(10)13/h2-4,8H,6H2,1H3. The summed E-state index contributed by atoms with van der Waals surface area (Å²) in [4.78, 5) is 3.28. The average Bonchev–Trinajstić information content (AvgIpc) is 2.18. The fourth-order valence-electron chi connectivity index (χ4n) is 1.47. The second-order valence-corrected chi connectivity index (χ2v) is 5.16. The molecule has 0 aromatic heterocycles. The largest absolute Gasteiger partial charge is 0.357 e. The molecular weight excluding hydrogens is 260 g/mol. The van der Waals surface area contributed by atoms with Crippen molar-refractivity contribution in [2.75, 3.05) is 17.7 Å². The molecule has 0 N–H and O–H groups in total. The third-order valence-corrected chi connectivity index (χ3v) is 3.93. The van der Waals surface area contributed by atoms with Crippen LogP contribution in [0.4, 0.5) is 5.69 Å². The van der Waals surface area contributed by atoms with Gasteiger partial charge in [0.2, 0.25) is 0 Å². The summed E-state index contributed by atoms with van der Waals surface area (Å²) in [7, 11) is 1.97. The maximum Gasteiger partial charge on any atom is 0.126 e. The quantitative estimate of drug-likeness (QED) is 0.724. The van der Waals surface area contributed by atoms with Crippen molar-refractivity contribution in [2.24, 2.45) is 0 Å². The van der Waals surface area contributed by atoms with E-state index in [0.29, 0.717) is 0 Å². The predicted octanol–water partition coefficient (Wildman–Crippen LogP) is 2.88. The van der Waals surface area contributed by atoms with Gasteiger partial charge in [-0.2, -0.15) is 5.26 Å². The minimum atomic E-state index is -0.00586. The molecule has 14 heavy (non-hydrogen) atoms. The zero-order valence-electron chi connectivity index (χ0n) is 7.70. The van der Waals surface area contributed by atoms with Crippen molar-refractivity contribution in [3.63, 3.8) is 0 Å². The number of nitriles is 1. The van der Waals surface area contributed by atoms with E-state index in [1.54, 1.807) is 11.8 Å². The van der Waals surface area contributed by atoms with Crippen molar-refractivity contribution >= 4 is 33.4 Å². The molecule has 0 spiro atoms. The van der Waals surface area contributed by atoms with Crippen LogP contribution in [0.5, 0.6) is 0 Å². The van der Waals surface area contributed by atoms with Gasteiger partial charge in [-0.1, -0.05) is 15.9 Å². The molecule has 0 radical (unpaired) electrons. The smallest absolute Gasteiger partial charge is 0.126 e. The molecular formula is C10H9BrN2S. The summed E-state index contributed by atoms with van der Waals surface area (Å²) in [6.45, 7) is 0. The molecule has 72 valence electrons. The van der Waals surface area contributed by atoms with Gasteiger partial charge in [-0.25, -0.2) is 0 Å². The van der Waals surface area contributed by atoms with Crippen LogP contribution in [0, 0.1) is 11.3 Å². The highest BCUT2D eigenvalue weighted by Crippen LogP contribution is 2.37. The van der Waals surface area contributed by atoms with Crippen molar-refractivity contribution < 1.29 is 0 Å². The molecule has 4 heteroatoms. The third kappa shape index (κ3) is 1.62. The van der Waals surface area contributed by atoms with Crippen LogP contribution in [-0.4, -0.2) is 18.8 Å². The van der Waals surface area contributed by atoms with Gasteiger partial charge in [0.25, 0.3) is 0 Å². The summed E-state index contributed by atoms with van der Waals surface area (Å²) >= 11 is 5.19. The van der Waals surface area contributed by atoms with Crippen molar-refractivity contribution in [3.8, 4) is 6.07 Å². The predicted molar refractivity (Wildman–Crippen MR) is 62.7 cm³/mol. The maximum absolute atomic E-state index is 8.93. The zero-order valence-corrected chi connectivity index (χ0v) is 10.1. The van der Waals surface area contributed by atoms with E-state index < -0.39 is 0 Å². The number of benzene rings is 1. The zero-order chi connectivity index (χ0) is 10.1. The number of anilines is 1. The van der Waals surface area contributed by atoms with E-state index in [4.69, 9.17) is 5.26 Å². The molecule has 1 aliphatic heterocycles. The monoisotopic (exact) mass is 268 g/mol. The first-order chi connectivity index (χ1) is 6.72. The summed E-state index contributed by atoms with van der Waals surface area (Å²) in [6, 6.07) is 8.46. The summed E-state index contributed by atoms with van der Waals surface area (Å²) in [5.74, 6) is 0.844. The van der Waals surface area contributed by atoms with Gasteiger partial charge in [-0.05, 0) is 18.2 Å². The van der Waals surface area contributed by atoms with Gasteiger partial charge in [-0.3, -0.25) is 0 Å². The molecule has 1 heterocycles. The van der Waals surface area contributed by atoms with Crippen molar-refractivity contribution in [3.05, 3.63) is 22.7 Å². The molecule has 0 saturated heterocycles. The lowest BCUT2D eigenvalue weighted by atomic mass is 10.2. The molecule has 0 fully saturated rings. The fraction of sp³-hybridized carbons (Fsp3) is 0.300. The van der Waals surface area contributed by atoms with E-state index in [9.17, 15) is 0 Å². The van der Waals surface area contributed by atoms with Crippen LogP contribution >= 0.6 is 27.7 Å². The second-order valence-electron chi connectivity index (χ2n) is 3.18. The number of hydrogen-bond acceptors (Lipinski definition) is 3. The van der Waals surface area contributed by atoms with Gasteiger partial charge in [-0.15, -0.1) is 11.8 Å². The molecule has 2 nitrogen and oxygen atoms in total. The molecule has 0 bridgehead atoms. The lowest BCUT2D eigenvalue weighted by molar-refractivity contribution is 0.823. The van der Waals surface area contributed by atoms with Crippen molar-refractivity contribution in [2.45, 2.75) is 10.9 Å². The van der Waals surface area contributed by atoms with Crippen LogP contribution in [0.1, 0.15) is 0 Å². The van der Waals surface area contributed by atoms with Crippen LogP contribution in [0.25, 0.3) is 0 Å². The number of thioether (sulfide) groups is 1. The minimum Gasteiger partial charge on any atom is -0.357 e. The van der Waals surface area contributed by atoms with Crippen LogP contribution < -0.4 is 4.90 Å². The number of nitrogens with zero attached hydrogens (tertiary/aromatic N) is 2. The van der Waals surface area contributed by atoms with Gasteiger partial charge < -0.3 is 4.90 Å². The Morgan fingerprint density at radius 2 is 2.43 bits per heavy atom. The Kier molecular flexibility index (Phi) is 2.71. The average molecular weight is 269 g/mol. The number of fused-ring (bicyclic) bond motifs is 1. The van der Waals surface area contributed by atoms with E-state index >= 15 is 0 Å². The fourth-order valence-corrected chi connectivity index (χ4v) is 3.19. The molecule has 0 saturated carbocycles. The van der Waals surface area contributed by atoms with E-state index in [-0.39, 0.29) is 6.04 Å². The highest BCUT2D eigenvalue weighted by atomic mass is 79.9. The second kappa shape index (κ2) is 3.84. The highest BCUT2D eigenvalue weighted by Gasteiger charge is 2.23. The Morgan fingerprint density at radius 3 is 3.14 bits per heavy atom. The molecule has 0 amide bonds. The lowest BCUT2D eigenvalue weighted by Gasteiger charge is -2.31. The molecule has 1 aromatic rings. The molecule has 1 unspecified atom stereocenters. The van der Waals surface area contributed by atoms with Crippen LogP contribution in [0.2, 0.25) is 0 Å². The van der Waals surface area contributed by atoms with Gasteiger partial charge >= 0.3 is 0 Å². The van der Waals surface area contributed by atoms with Crippen LogP contribution in [-0.2, 0) is 0 Å². The van der Waals surface area contributed by atoms with Gasteiger partial charge in [0.05, 0.1) is 11.8 Å². The van der Waals surface area contributed by atoms with Gasteiger partial charge in [0.1, 0.15) is 6.04 Å². The van der Waals surface area contributed by atoms with Crippen molar-refractivity contribution in [1.29, 1.82) is 5.26 Å². The number of rotatable bonds is 0. The minimum absolute atomic E-state index is 0.00586. The van der Waals surface area contributed by atoms with E-state index in [1.807, 2.05) is 18.0 Å². The van der Waals surface area contributed by atoms with E-state index in [0.717, 1.165) is 15.9 Å². The first-order valence-corrected chi connectivity index (χ1v) is 6.05. The first-order valence-electron chi connectivity index (χ1n) is 4.27. The molecule has 0 aliphatic carbocycles. The summed E-state index contributed by atoms with van der Waals surface area (Å²) < 4.78 is 1.09. The first kappa shape index (κ1) is 9.88. The van der Waals surface area contributed by atoms with Crippen LogP contribution in [0.15, 0.2) is 27.6 Å². The number of hydrogen-bond donors (Lipinski definition) is 0. The molecule has 1 atom stereocenters.